The number of aromatic nitrogens is 1. The Labute approximate surface area is 190 Å². The fourth-order valence-electron chi connectivity index (χ4n) is 5.14. The minimum absolute atomic E-state index is 0.0916. The summed E-state index contributed by atoms with van der Waals surface area (Å²) < 4.78 is 0. The van der Waals surface area contributed by atoms with Gasteiger partial charge in [0.25, 0.3) is 0 Å². The Morgan fingerprint density at radius 3 is 2.31 bits per heavy atom. The first-order chi connectivity index (χ1) is 15.5. The second kappa shape index (κ2) is 9.25. The van der Waals surface area contributed by atoms with E-state index in [1.54, 1.807) is 13.1 Å². The summed E-state index contributed by atoms with van der Waals surface area (Å²) in [5.74, 6) is 0.501. The maximum atomic E-state index is 13.5. The summed E-state index contributed by atoms with van der Waals surface area (Å²) in [4.78, 5) is 20.3. The highest BCUT2D eigenvalue weighted by atomic mass is 16.3. The lowest BCUT2D eigenvalue weighted by atomic mass is 9.66. The number of benzene rings is 2. The molecule has 32 heavy (non-hydrogen) atoms. The highest BCUT2D eigenvalue weighted by Gasteiger charge is 2.42. The van der Waals surface area contributed by atoms with E-state index < -0.39 is 5.41 Å². The van der Waals surface area contributed by atoms with Gasteiger partial charge in [0.15, 0.2) is 0 Å². The molecule has 2 aromatic carbocycles. The quantitative estimate of drug-likeness (QED) is 0.611. The average molecular weight is 429 g/mol. The predicted molar refractivity (Wildman–Crippen MR) is 129 cm³/mol. The summed E-state index contributed by atoms with van der Waals surface area (Å²) in [5, 5.41) is 9.43. The van der Waals surface area contributed by atoms with Crippen LogP contribution in [0.4, 0.5) is 5.69 Å². The van der Waals surface area contributed by atoms with Crippen molar-refractivity contribution in [3.8, 4) is 0 Å². The number of pyridine rings is 1. The lowest BCUT2D eigenvalue weighted by Gasteiger charge is -2.36. The van der Waals surface area contributed by atoms with Crippen molar-refractivity contribution >= 4 is 11.5 Å². The van der Waals surface area contributed by atoms with Gasteiger partial charge in [0.1, 0.15) is 11.2 Å². The summed E-state index contributed by atoms with van der Waals surface area (Å²) in [5.41, 5.74) is 5.19. The molecule has 0 bridgehead atoms. The Bertz CT molecular complexity index is 1080. The van der Waals surface area contributed by atoms with E-state index in [4.69, 9.17) is 0 Å². The van der Waals surface area contributed by atoms with Gasteiger partial charge in [-0.05, 0) is 86.1 Å². The Hall–Kier alpha value is -2.98. The van der Waals surface area contributed by atoms with Crippen molar-refractivity contribution < 1.29 is 9.90 Å². The summed E-state index contributed by atoms with van der Waals surface area (Å²) in [6, 6.07) is 20.6. The molecule has 4 nitrogen and oxygen atoms in total. The second-order valence-electron chi connectivity index (χ2n) is 8.97. The zero-order valence-corrected chi connectivity index (χ0v) is 19.2. The largest absolute Gasteiger partial charge is 0.396 e. The zero-order valence-electron chi connectivity index (χ0n) is 19.2. The molecule has 1 fully saturated rings. The molecule has 3 aromatic rings. The highest BCUT2D eigenvalue weighted by molar-refractivity contribution is 5.96. The number of aliphatic hydroxyl groups excluding tert-OH is 1. The topological polar surface area (TPSA) is 53.4 Å². The number of rotatable bonds is 6. The summed E-state index contributed by atoms with van der Waals surface area (Å²) in [6.07, 6.45) is 3.81. The van der Waals surface area contributed by atoms with Gasteiger partial charge in [0.05, 0.1) is 0 Å². The normalized spacial score (nSPS) is 16.6. The van der Waals surface area contributed by atoms with Crippen LogP contribution in [0.15, 0.2) is 66.9 Å². The van der Waals surface area contributed by atoms with E-state index in [-0.39, 0.29) is 12.4 Å². The monoisotopic (exact) mass is 428 g/mol. The van der Waals surface area contributed by atoms with Crippen molar-refractivity contribution in [1.29, 1.82) is 0 Å². The minimum atomic E-state index is -0.887. The number of aliphatic hydroxyl groups is 1. The number of ketones is 1. The molecule has 0 unspecified atom stereocenters. The Morgan fingerprint density at radius 2 is 1.72 bits per heavy atom. The molecule has 1 aliphatic heterocycles. The molecule has 1 N–H and O–H groups in total. The van der Waals surface area contributed by atoms with Gasteiger partial charge >= 0.3 is 0 Å². The first-order valence-corrected chi connectivity index (χ1v) is 11.4. The van der Waals surface area contributed by atoms with Gasteiger partial charge in [-0.15, -0.1) is 0 Å². The van der Waals surface area contributed by atoms with Gasteiger partial charge < -0.3 is 10.0 Å². The molecular formula is C28H32N2O2. The Morgan fingerprint density at radius 1 is 1.03 bits per heavy atom. The van der Waals surface area contributed by atoms with Crippen LogP contribution in [0.25, 0.3) is 0 Å². The molecule has 1 saturated heterocycles. The van der Waals surface area contributed by atoms with E-state index >= 15 is 0 Å². The molecule has 4 rings (SSSR count). The van der Waals surface area contributed by atoms with Crippen LogP contribution in [0.3, 0.4) is 0 Å². The van der Waals surface area contributed by atoms with Crippen LogP contribution in [0.1, 0.15) is 47.7 Å². The van der Waals surface area contributed by atoms with E-state index in [1.165, 1.54) is 5.69 Å². The average Bonchev–Trinajstić information content (AvgIpc) is 2.81. The van der Waals surface area contributed by atoms with Crippen molar-refractivity contribution in [3.05, 3.63) is 94.8 Å². The number of nitrogens with zero attached hydrogens (tertiary/aromatic N) is 2. The third kappa shape index (κ3) is 3.95. The molecule has 166 valence electrons. The van der Waals surface area contributed by atoms with Crippen molar-refractivity contribution in [1.82, 2.24) is 4.98 Å². The van der Waals surface area contributed by atoms with Crippen molar-refractivity contribution in [2.45, 2.75) is 39.0 Å². The number of aryl methyl sites for hydroxylation is 2. The maximum absolute atomic E-state index is 13.5. The van der Waals surface area contributed by atoms with Gasteiger partial charge in [0.2, 0.25) is 0 Å². The van der Waals surface area contributed by atoms with Crippen LogP contribution < -0.4 is 4.90 Å². The van der Waals surface area contributed by atoms with E-state index in [2.05, 4.69) is 53.2 Å². The molecule has 1 aliphatic rings. The molecular weight excluding hydrogens is 396 g/mol. The van der Waals surface area contributed by atoms with Crippen molar-refractivity contribution in [2.24, 2.45) is 5.92 Å². The van der Waals surface area contributed by atoms with Crippen LogP contribution in [0.5, 0.6) is 0 Å². The van der Waals surface area contributed by atoms with E-state index in [0.717, 1.165) is 53.9 Å². The Kier molecular flexibility index (Phi) is 6.43. The number of carbonyl (C=O) groups excluding carboxylic acids is 1. The number of hydrogen-bond donors (Lipinski definition) is 1. The van der Waals surface area contributed by atoms with Gasteiger partial charge in [-0.1, -0.05) is 36.4 Å². The first-order valence-electron chi connectivity index (χ1n) is 11.4. The smallest absolute Gasteiger partial charge is 0.149 e. The van der Waals surface area contributed by atoms with Crippen LogP contribution >= 0.6 is 0 Å². The summed E-state index contributed by atoms with van der Waals surface area (Å²) in [7, 11) is 0. The molecule has 1 atom stereocenters. The van der Waals surface area contributed by atoms with Crippen LogP contribution in [-0.4, -0.2) is 35.6 Å². The van der Waals surface area contributed by atoms with Gasteiger partial charge in [-0.25, -0.2) is 0 Å². The molecule has 0 aliphatic carbocycles. The number of anilines is 1. The fraction of sp³-hybridized carbons (Fsp3) is 0.357. The third-order valence-corrected chi connectivity index (χ3v) is 6.95. The van der Waals surface area contributed by atoms with Crippen LogP contribution in [0, 0.1) is 19.8 Å². The number of piperidine rings is 1. The van der Waals surface area contributed by atoms with E-state index in [9.17, 15) is 9.90 Å². The standard InChI is InChI=1S/C28H32N2O2/c1-20-6-4-5-7-27(20)28(22(3)32,25-12-15-29-21(2)18-25)24-8-10-26(11-9-24)30-16-13-23(19-31)14-17-30/h4-12,15,18,23,31H,13-14,16-17,19H2,1-3H3/t28-/m0/s1. The first kappa shape index (κ1) is 22.2. The van der Waals surface area contributed by atoms with Crippen LogP contribution in [-0.2, 0) is 10.2 Å². The van der Waals surface area contributed by atoms with Gasteiger partial charge in [-0.2, -0.15) is 0 Å². The Balaban J connectivity index is 1.82. The highest BCUT2D eigenvalue weighted by Crippen LogP contribution is 2.42. The third-order valence-electron chi connectivity index (χ3n) is 6.95. The lowest BCUT2D eigenvalue weighted by molar-refractivity contribution is -0.119. The van der Waals surface area contributed by atoms with Gasteiger partial charge in [-0.3, -0.25) is 9.78 Å². The molecule has 2 heterocycles. The molecule has 4 heteroatoms. The predicted octanol–water partition coefficient (Wildman–Crippen LogP) is 4.83. The molecule has 0 radical (unpaired) electrons. The summed E-state index contributed by atoms with van der Waals surface area (Å²) in [6.45, 7) is 7.89. The van der Waals surface area contributed by atoms with Crippen molar-refractivity contribution in [2.75, 3.05) is 24.6 Å². The van der Waals surface area contributed by atoms with E-state index in [1.807, 2.05) is 31.2 Å². The van der Waals surface area contributed by atoms with Crippen molar-refractivity contribution in [3.63, 3.8) is 0 Å². The second-order valence-corrected chi connectivity index (χ2v) is 8.97. The zero-order chi connectivity index (χ0) is 22.7. The molecule has 0 amide bonds. The maximum Gasteiger partial charge on any atom is 0.149 e. The molecule has 1 aromatic heterocycles. The molecule has 0 saturated carbocycles. The SMILES string of the molecule is CC(=O)[C@](c1ccc(N2CCC(CO)CC2)cc1)(c1ccnc(C)c1)c1ccccc1C. The van der Waals surface area contributed by atoms with Gasteiger partial charge in [0, 0.05) is 37.3 Å². The minimum Gasteiger partial charge on any atom is -0.396 e. The molecule has 0 spiro atoms. The van der Waals surface area contributed by atoms with Crippen LogP contribution in [0.2, 0.25) is 0 Å². The fourth-order valence-corrected chi connectivity index (χ4v) is 5.14. The summed E-state index contributed by atoms with van der Waals surface area (Å²) >= 11 is 0. The number of carbonyl (C=O) groups is 1. The van der Waals surface area contributed by atoms with E-state index in [0.29, 0.717) is 5.92 Å². The number of Topliss-reactive ketones (excluding diaryl/α,β-unsaturated/α-hetero) is 1. The number of hydrogen-bond acceptors (Lipinski definition) is 4. The lowest BCUT2D eigenvalue weighted by Crippen LogP contribution is -2.38.